The van der Waals surface area contributed by atoms with E-state index in [1.54, 1.807) is 0 Å². The van der Waals surface area contributed by atoms with E-state index in [2.05, 4.69) is 74.4 Å². The second kappa shape index (κ2) is 11.3. The highest BCUT2D eigenvalue weighted by molar-refractivity contribution is 5.76. The van der Waals surface area contributed by atoms with Gasteiger partial charge in [-0.2, -0.15) is 0 Å². The topological polar surface area (TPSA) is 63.1 Å². The van der Waals surface area contributed by atoms with E-state index in [-0.39, 0.29) is 11.9 Å². The van der Waals surface area contributed by atoms with Crippen LogP contribution in [-0.4, -0.2) is 44.5 Å². The second-order valence-corrected chi connectivity index (χ2v) is 9.40. The van der Waals surface area contributed by atoms with Crippen LogP contribution >= 0.6 is 0 Å². The summed E-state index contributed by atoms with van der Waals surface area (Å²) >= 11 is 0. The number of rotatable bonds is 9. The van der Waals surface area contributed by atoms with Gasteiger partial charge in [-0.15, -0.1) is 0 Å². The van der Waals surface area contributed by atoms with Crippen molar-refractivity contribution in [2.45, 2.75) is 51.2 Å². The third-order valence-electron chi connectivity index (χ3n) is 6.77. The van der Waals surface area contributed by atoms with Gasteiger partial charge in [0.25, 0.3) is 0 Å². The van der Waals surface area contributed by atoms with Gasteiger partial charge in [0.1, 0.15) is 11.3 Å². The lowest BCUT2D eigenvalue weighted by atomic mass is 10.0. The fourth-order valence-corrected chi connectivity index (χ4v) is 4.91. The zero-order valence-electron chi connectivity index (χ0n) is 20.1. The molecule has 0 bridgehead atoms. The number of piperidine rings is 1. The average Bonchev–Trinajstić information content (AvgIpc) is 3.23. The molecule has 2 aromatic carbocycles. The summed E-state index contributed by atoms with van der Waals surface area (Å²) < 4.78 is 2.19. The Balaban J connectivity index is 1.11. The minimum absolute atomic E-state index is 0.148. The van der Waals surface area contributed by atoms with Crippen molar-refractivity contribution < 1.29 is 4.79 Å². The first-order chi connectivity index (χ1) is 17.2. The zero-order valence-corrected chi connectivity index (χ0v) is 20.1. The van der Waals surface area contributed by atoms with Crippen LogP contribution in [0.4, 0.5) is 0 Å². The molecule has 0 radical (unpaired) electrons. The minimum Gasteiger partial charge on any atom is -0.353 e. The highest BCUT2D eigenvalue weighted by atomic mass is 16.1. The van der Waals surface area contributed by atoms with Crippen LogP contribution in [0.25, 0.3) is 11.2 Å². The van der Waals surface area contributed by atoms with Crippen LogP contribution in [0.15, 0.2) is 79.0 Å². The number of benzene rings is 2. The van der Waals surface area contributed by atoms with E-state index in [0.717, 1.165) is 68.9 Å². The first-order valence-electron chi connectivity index (χ1n) is 12.6. The molecule has 3 heterocycles. The van der Waals surface area contributed by atoms with Gasteiger partial charge >= 0.3 is 0 Å². The Morgan fingerprint density at radius 3 is 2.29 bits per heavy atom. The smallest absolute Gasteiger partial charge is 0.220 e. The Morgan fingerprint density at radius 2 is 1.57 bits per heavy atom. The van der Waals surface area contributed by atoms with Crippen molar-refractivity contribution in [3.63, 3.8) is 0 Å². The molecule has 1 amide bonds. The summed E-state index contributed by atoms with van der Waals surface area (Å²) in [6.45, 7) is 3.77. The van der Waals surface area contributed by atoms with Crippen LogP contribution in [-0.2, 0) is 24.3 Å². The molecule has 0 atom stereocenters. The molecule has 35 heavy (non-hydrogen) atoms. The number of imidazole rings is 1. The summed E-state index contributed by atoms with van der Waals surface area (Å²) in [5.74, 6) is 1.14. The molecule has 1 aliphatic heterocycles. The highest BCUT2D eigenvalue weighted by Crippen LogP contribution is 2.18. The third-order valence-corrected chi connectivity index (χ3v) is 6.77. The quantitative estimate of drug-likeness (QED) is 0.391. The summed E-state index contributed by atoms with van der Waals surface area (Å²) in [5, 5.41) is 3.27. The molecule has 6 heteroatoms. The van der Waals surface area contributed by atoms with Crippen LogP contribution in [0.1, 0.15) is 42.6 Å². The fourth-order valence-electron chi connectivity index (χ4n) is 4.91. The maximum Gasteiger partial charge on any atom is 0.220 e. The number of nitrogens with one attached hydrogen (secondary N) is 1. The number of fused-ring (bicyclic) bond motifs is 1. The Labute approximate surface area is 207 Å². The SMILES string of the molecule is O=C(CCCc1nc2cccnc2n1Cc1ccccc1)NC1CCN(Cc2ccccc2)CC1. The zero-order chi connectivity index (χ0) is 23.9. The molecule has 5 rings (SSSR count). The first kappa shape index (κ1) is 23.2. The van der Waals surface area contributed by atoms with Crippen molar-refractivity contribution in [3.8, 4) is 0 Å². The molecule has 0 saturated carbocycles. The molecule has 1 fully saturated rings. The molecule has 2 aromatic heterocycles. The van der Waals surface area contributed by atoms with Crippen molar-refractivity contribution in [3.05, 3.63) is 95.9 Å². The lowest BCUT2D eigenvalue weighted by Crippen LogP contribution is -2.44. The fraction of sp³-hybridized carbons (Fsp3) is 0.345. The van der Waals surface area contributed by atoms with Gasteiger partial charge in [-0.05, 0) is 42.5 Å². The lowest BCUT2D eigenvalue weighted by Gasteiger charge is -2.32. The molecule has 180 valence electrons. The number of likely N-dealkylation sites (tertiary alicyclic amines) is 1. The van der Waals surface area contributed by atoms with Crippen molar-refractivity contribution >= 4 is 17.1 Å². The molecule has 0 unspecified atom stereocenters. The number of aromatic nitrogens is 3. The third kappa shape index (κ3) is 6.14. The van der Waals surface area contributed by atoms with E-state index in [4.69, 9.17) is 4.98 Å². The van der Waals surface area contributed by atoms with Gasteiger partial charge in [0.2, 0.25) is 5.91 Å². The second-order valence-electron chi connectivity index (χ2n) is 9.40. The Bertz CT molecular complexity index is 1230. The first-order valence-corrected chi connectivity index (χ1v) is 12.6. The molecule has 6 nitrogen and oxygen atoms in total. The van der Waals surface area contributed by atoms with E-state index in [9.17, 15) is 4.79 Å². The normalized spacial score (nSPS) is 14.9. The van der Waals surface area contributed by atoms with E-state index in [0.29, 0.717) is 6.42 Å². The number of carbonyl (C=O) groups is 1. The number of carbonyl (C=O) groups excluding carboxylic acids is 1. The predicted octanol–water partition coefficient (Wildman–Crippen LogP) is 4.58. The van der Waals surface area contributed by atoms with Gasteiger partial charge in [-0.1, -0.05) is 60.7 Å². The lowest BCUT2D eigenvalue weighted by molar-refractivity contribution is -0.122. The van der Waals surface area contributed by atoms with Gasteiger partial charge in [-0.25, -0.2) is 9.97 Å². The number of pyridine rings is 1. The van der Waals surface area contributed by atoms with E-state index < -0.39 is 0 Å². The van der Waals surface area contributed by atoms with Crippen LogP contribution in [0.3, 0.4) is 0 Å². The van der Waals surface area contributed by atoms with E-state index in [1.807, 2.05) is 24.4 Å². The summed E-state index contributed by atoms with van der Waals surface area (Å²) in [6, 6.07) is 25.2. The number of hydrogen-bond acceptors (Lipinski definition) is 4. The van der Waals surface area contributed by atoms with Crippen LogP contribution in [0, 0.1) is 0 Å². The Kier molecular flexibility index (Phi) is 7.49. The Morgan fingerprint density at radius 1 is 0.886 bits per heavy atom. The molecule has 1 N–H and O–H groups in total. The van der Waals surface area contributed by atoms with E-state index >= 15 is 0 Å². The number of nitrogens with zero attached hydrogens (tertiary/aromatic N) is 4. The van der Waals surface area contributed by atoms with Crippen molar-refractivity contribution in [1.82, 2.24) is 24.8 Å². The van der Waals surface area contributed by atoms with Crippen molar-refractivity contribution in [2.75, 3.05) is 13.1 Å². The molecule has 1 aliphatic rings. The molecular formula is C29H33N5O. The van der Waals surface area contributed by atoms with Gasteiger partial charge in [0.15, 0.2) is 5.65 Å². The maximum atomic E-state index is 12.7. The summed E-state index contributed by atoms with van der Waals surface area (Å²) in [4.78, 5) is 24.5. The highest BCUT2D eigenvalue weighted by Gasteiger charge is 2.21. The summed E-state index contributed by atoms with van der Waals surface area (Å²) in [5.41, 5.74) is 4.38. The van der Waals surface area contributed by atoms with Gasteiger partial charge in [0, 0.05) is 44.7 Å². The van der Waals surface area contributed by atoms with Gasteiger partial charge < -0.3 is 9.88 Å². The monoisotopic (exact) mass is 467 g/mol. The van der Waals surface area contributed by atoms with E-state index in [1.165, 1.54) is 11.1 Å². The number of aryl methyl sites for hydroxylation is 1. The van der Waals surface area contributed by atoms with Crippen LogP contribution in [0.2, 0.25) is 0 Å². The van der Waals surface area contributed by atoms with Crippen LogP contribution in [0.5, 0.6) is 0 Å². The standard InChI is InChI=1S/C29H33N5O/c35-28(31-25-16-19-33(20-17-25)21-23-9-3-1-4-10-23)15-7-14-27-32-26-13-8-18-30-29(26)34(27)22-24-11-5-2-6-12-24/h1-6,8-13,18,25H,7,14-17,19-22H2,(H,31,35). The molecule has 0 spiro atoms. The minimum atomic E-state index is 0.148. The van der Waals surface area contributed by atoms with Crippen LogP contribution < -0.4 is 5.32 Å². The van der Waals surface area contributed by atoms with Crippen molar-refractivity contribution in [2.24, 2.45) is 0 Å². The van der Waals surface area contributed by atoms with Crippen molar-refractivity contribution in [1.29, 1.82) is 0 Å². The molecule has 0 aliphatic carbocycles. The maximum absolute atomic E-state index is 12.7. The average molecular weight is 468 g/mol. The molecule has 4 aromatic rings. The predicted molar refractivity (Wildman–Crippen MR) is 139 cm³/mol. The Hall–Kier alpha value is -3.51. The van der Waals surface area contributed by atoms with Gasteiger partial charge in [0.05, 0.1) is 6.54 Å². The summed E-state index contributed by atoms with van der Waals surface area (Å²) in [6.07, 6.45) is 5.89. The molecular weight excluding hydrogens is 434 g/mol. The molecule has 1 saturated heterocycles. The number of hydrogen-bond donors (Lipinski definition) is 1. The van der Waals surface area contributed by atoms with Gasteiger partial charge in [-0.3, -0.25) is 9.69 Å². The number of amides is 1. The largest absolute Gasteiger partial charge is 0.353 e. The summed E-state index contributed by atoms with van der Waals surface area (Å²) in [7, 11) is 0.